The Hall–Kier alpha value is -2.19. The number of benzene rings is 1. The molecule has 0 aliphatic carbocycles. The largest absolute Gasteiger partial charge is 0.490 e. The molecule has 0 aromatic heterocycles. The summed E-state index contributed by atoms with van der Waals surface area (Å²) in [6.07, 6.45) is 0.314. The zero-order chi connectivity index (χ0) is 21.9. The number of nitrogens with zero attached hydrogens (tertiary/aromatic N) is 1. The molecule has 2 saturated heterocycles. The molecule has 3 rings (SSSR count). The van der Waals surface area contributed by atoms with Crippen molar-refractivity contribution in [1.82, 2.24) is 5.32 Å². The van der Waals surface area contributed by atoms with Gasteiger partial charge in [-0.15, -0.1) is 0 Å². The number of cyclic esters (lactones) is 1. The average Bonchev–Trinajstić information content (AvgIpc) is 3.13. The van der Waals surface area contributed by atoms with Gasteiger partial charge >= 0.3 is 6.09 Å². The van der Waals surface area contributed by atoms with Gasteiger partial charge in [-0.25, -0.2) is 9.18 Å². The topological polar surface area (TPSA) is 93.9 Å². The first-order chi connectivity index (χ1) is 13.7. The van der Waals surface area contributed by atoms with E-state index in [1.165, 1.54) is 24.9 Å². The van der Waals surface area contributed by atoms with Gasteiger partial charge < -0.3 is 25.3 Å². The van der Waals surface area contributed by atoms with Crippen LogP contribution in [0.15, 0.2) is 18.2 Å². The first-order valence-electron chi connectivity index (χ1n) is 9.70. The molecule has 28 heavy (non-hydrogen) atoms. The highest BCUT2D eigenvalue weighted by molar-refractivity contribution is 5.89. The summed E-state index contributed by atoms with van der Waals surface area (Å²) >= 11 is 0. The Morgan fingerprint density at radius 2 is 1.86 bits per heavy atom. The molecule has 8 heteroatoms. The number of rotatable bonds is 4. The SMILES string of the molecule is CC.CC.CC=O.CN.O=C1OCCN1c1ccc(OCC2CNC2)c(F)c1. The molecule has 0 unspecified atom stereocenters. The molecule has 0 spiro atoms. The predicted molar refractivity (Wildman–Crippen MR) is 111 cm³/mol. The normalized spacial score (nSPS) is 14.1. The maximum Gasteiger partial charge on any atom is 0.414 e. The quantitative estimate of drug-likeness (QED) is 0.753. The number of hydrogen-bond donors (Lipinski definition) is 2. The zero-order valence-electron chi connectivity index (χ0n) is 18.0. The molecule has 2 heterocycles. The maximum atomic E-state index is 13.9. The van der Waals surface area contributed by atoms with Gasteiger partial charge in [0.15, 0.2) is 11.6 Å². The van der Waals surface area contributed by atoms with E-state index in [1.54, 1.807) is 12.1 Å². The van der Waals surface area contributed by atoms with Crippen molar-refractivity contribution in [2.75, 3.05) is 44.8 Å². The van der Waals surface area contributed by atoms with Crippen molar-refractivity contribution in [1.29, 1.82) is 0 Å². The molecule has 1 amide bonds. The summed E-state index contributed by atoms with van der Waals surface area (Å²) in [7, 11) is 1.50. The Bertz CT molecular complexity index is 540. The van der Waals surface area contributed by atoms with Crippen LogP contribution in [0.25, 0.3) is 0 Å². The average molecular weight is 402 g/mol. The standard InChI is InChI=1S/C13H15FN2O3.C2H4O.2C2H6.CH5N/c14-11-5-10(16-3-4-18-13(16)17)1-2-12(11)19-8-9-6-15-7-9;1-2-3;3*1-2/h1-2,5,9,15H,3-4,6-8H2;2H,1H3;2*1-2H3;2H2,1H3. The molecular weight excluding hydrogens is 365 g/mol. The minimum Gasteiger partial charge on any atom is -0.490 e. The first-order valence-corrected chi connectivity index (χ1v) is 9.70. The summed E-state index contributed by atoms with van der Waals surface area (Å²) in [6.45, 7) is 12.6. The van der Waals surface area contributed by atoms with E-state index in [9.17, 15) is 9.18 Å². The molecule has 0 atom stereocenters. The highest BCUT2D eigenvalue weighted by atomic mass is 19.1. The van der Waals surface area contributed by atoms with Crippen molar-refractivity contribution in [3.8, 4) is 5.75 Å². The number of ether oxygens (including phenoxy) is 2. The summed E-state index contributed by atoms with van der Waals surface area (Å²) in [4.78, 5) is 21.6. The van der Waals surface area contributed by atoms with Crippen LogP contribution >= 0.6 is 0 Å². The van der Waals surface area contributed by atoms with Crippen molar-refractivity contribution in [3.63, 3.8) is 0 Å². The molecule has 2 aliphatic rings. The van der Waals surface area contributed by atoms with E-state index in [-0.39, 0.29) is 5.75 Å². The fraction of sp³-hybridized carbons (Fsp3) is 0.600. The van der Waals surface area contributed by atoms with Gasteiger partial charge in [0.1, 0.15) is 12.9 Å². The third-order valence-electron chi connectivity index (χ3n) is 3.33. The lowest BCUT2D eigenvalue weighted by Gasteiger charge is -2.27. The molecule has 3 N–H and O–H groups in total. The van der Waals surface area contributed by atoms with Crippen molar-refractivity contribution >= 4 is 18.1 Å². The van der Waals surface area contributed by atoms with E-state index in [2.05, 4.69) is 11.1 Å². The van der Waals surface area contributed by atoms with E-state index in [0.29, 0.717) is 31.4 Å². The number of nitrogens with one attached hydrogen (secondary N) is 1. The Balaban J connectivity index is 0. The molecule has 2 fully saturated rings. The molecule has 7 nitrogen and oxygen atoms in total. The Morgan fingerprint density at radius 3 is 2.25 bits per heavy atom. The van der Waals surface area contributed by atoms with Gasteiger partial charge in [-0.2, -0.15) is 0 Å². The predicted octanol–water partition coefficient (Wildman–Crippen LogP) is 3.21. The van der Waals surface area contributed by atoms with E-state index in [0.717, 1.165) is 19.4 Å². The van der Waals surface area contributed by atoms with Crippen LogP contribution < -0.4 is 20.7 Å². The monoisotopic (exact) mass is 401 g/mol. The molecule has 1 aromatic rings. The van der Waals surface area contributed by atoms with Gasteiger partial charge in [0.25, 0.3) is 0 Å². The minimum absolute atomic E-state index is 0.225. The maximum absolute atomic E-state index is 13.9. The van der Waals surface area contributed by atoms with Crippen LogP contribution in [0.2, 0.25) is 0 Å². The lowest BCUT2D eigenvalue weighted by atomic mass is 10.1. The smallest absolute Gasteiger partial charge is 0.414 e. The van der Waals surface area contributed by atoms with Gasteiger partial charge in [0.05, 0.1) is 18.8 Å². The van der Waals surface area contributed by atoms with Crippen molar-refractivity contribution in [2.45, 2.75) is 34.6 Å². The molecule has 0 radical (unpaired) electrons. The van der Waals surface area contributed by atoms with Crippen LogP contribution in [0.4, 0.5) is 14.9 Å². The van der Waals surface area contributed by atoms with E-state index in [1.807, 2.05) is 27.7 Å². The van der Waals surface area contributed by atoms with Crippen LogP contribution in [0.5, 0.6) is 5.75 Å². The summed E-state index contributed by atoms with van der Waals surface area (Å²) in [5.41, 5.74) is 5.00. The second-order valence-corrected chi connectivity index (χ2v) is 4.95. The number of hydrogen-bond acceptors (Lipinski definition) is 6. The van der Waals surface area contributed by atoms with Gasteiger partial charge in [-0.1, -0.05) is 27.7 Å². The fourth-order valence-electron chi connectivity index (χ4n) is 2.08. The van der Waals surface area contributed by atoms with E-state index >= 15 is 0 Å². The molecule has 162 valence electrons. The third-order valence-corrected chi connectivity index (χ3v) is 3.33. The number of anilines is 1. The number of nitrogens with two attached hydrogens (primary N) is 1. The summed E-state index contributed by atoms with van der Waals surface area (Å²) < 4.78 is 24.1. The van der Waals surface area contributed by atoms with Crippen molar-refractivity contribution < 1.29 is 23.5 Å². The van der Waals surface area contributed by atoms with Gasteiger partial charge in [-0.3, -0.25) is 4.90 Å². The van der Waals surface area contributed by atoms with Crippen LogP contribution in [0, 0.1) is 11.7 Å². The van der Waals surface area contributed by atoms with Crippen molar-refractivity contribution in [2.24, 2.45) is 11.7 Å². The molecular formula is C20H36FN3O4. The fourth-order valence-corrected chi connectivity index (χ4v) is 2.08. The number of halogens is 1. The van der Waals surface area contributed by atoms with Crippen molar-refractivity contribution in [3.05, 3.63) is 24.0 Å². The van der Waals surface area contributed by atoms with Crippen LogP contribution in [0.1, 0.15) is 34.6 Å². The number of carbonyl (C=O) groups is 2. The molecule has 1 aromatic carbocycles. The second-order valence-electron chi connectivity index (χ2n) is 4.95. The Kier molecular flexibility index (Phi) is 18.2. The van der Waals surface area contributed by atoms with Gasteiger partial charge in [0, 0.05) is 25.1 Å². The summed E-state index contributed by atoms with van der Waals surface area (Å²) in [6, 6.07) is 4.54. The van der Waals surface area contributed by atoms with E-state index < -0.39 is 11.9 Å². The lowest BCUT2D eigenvalue weighted by Crippen LogP contribution is -2.45. The van der Waals surface area contributed by atoms with Crippen LogP contribution in [0.3, 0.4) is 0 Å². The van der Waals surface area contributed by atoms with Crippen LogP contribution in [-0.4, -0.2) is 52.3 Å². The highest BCUT2D eigenvalue weighted by Gasteiger charge is 2.24. The second kappa shape index (κ2) is 18.2. The summed E-state index contributed by atoms with van der Waals surface area (Å²) in [5, 5.41) is 3.13. The molecule has 0 bridgehead atoms. The Labute approximate surface area is 168 Å². The van der Waals surface area contributed by atoms with Gasteiger partial charge in [-0.05, 0) is 26.1 Å². The molecule has 0 saturated carbocycles. The highest BCUT2D eigenvalue weighted by Crippen LogP contribution is 2.26. The zero-order valence-corrected chi connectivity index (χ0v) is 18.0. The summed E-state index contributed by atoms with van der Waals surface area (Å²) in [5.74, 6) is 0.223. The lowest BCUT2D eigenvalue weighted by molar-refractivity contribution is -0.106. The Morgan fingerprint density at radius 1 is 1.29 bits per heavy atom. The molecule has 2 aliphatic heterocycles. The number of aldehydes is 1. The first kappa shape index (κ1) is 28.0. The van der Waals surface area contributed by atoms with Crippen LogP contribution in [-0.2, 0) is 9.53 Å². The number of carbonyl (C=O) groups excluding carboxylic acids is 2. The third kappa shape index (κ3) is 9.66. The number of amides is 1. The minimum atomic E-state index is -0.454. The van der Waals surface area contributed by atoms with E-state index in [4.69, 9.17) is 14.3 Å². The van der Waals surface area contributed by atoms with Gasteiger partial charge in [0.2, 0.25) is 0 Å².